The van der Waals surface area contributed by atoms with Crippen LogP contribution in [0.15, 0.2) is 46.4 Å². The molecule has 0 fully saturated rings. The molecule has 1 atom stereocenters. The molecule has 2 aromatic heterocycles. The molecule has 2 heterocycles. The van der Waals surface area contributed by atoms with Crippen molar-refractivity contribution in [3.05, 3.63) is 52.6 Å². The van der Waals surface area contributed by atoms with Crippen molar-refractivity contribution in [1.82, 2.24) is 5.32 Å². The first-order chi connectivity index (χ1) is 10.2. The van der Waals surface area contributed by atoms with Gasteiger partial charge in [-0.15, -0.1) is 11.3 Å². The molecule has 1 unspecified atom stereocenters. The van der Waals surface area contributed by atoms with E-state index in [4.69, 9.17) is 4.42 Å². The Bertz CT molecular complexity index is 602. The maximum Gasteiger partial charge on any atom is 0.307 e. The smallest absolute Gasteiger partial charge is 0.307 e. The number of rotatable bonds is 6. The van der Waals surface area contributed by atoms with E-state index in [2.05, 4.69) is 10.1 Å². The van der Waals surface area contributed by atoms with Crippen molar-refractivity contribution in [1.29, 1.82) is 0 Å². The van der Waals surface area contributed by atoms with Crippen molar-refractivity contribution < 1.29 is 18.7 Å². The number of hydrogen-bond donors (Lipinski definition) is 1. The van der Waals surface area contributed by atoms with Gasteiger partial charge in [-0.3, -0.25) is 9.59 Å². The highest BCUT2D eigenvalue weighted by atomic mass is 32.1. The van der Waals surface area contributed by atoms with E-state index in [1.54, 1.807) is 18.2 Å². The number of thiophene rings is 1. The van der Waals surface area contributed by atoms with Gasteiger partial charge in [-0.25, -0.2) is 0 Å². The molecule has 2 rings (SSSR count). The van der Waals surface area contributed by atoms with Gasteiger partial charge in [0.2, 0.25) is 5.91 Å². The summed E-state index contributed by atoms with van der Waals surface area (Å²) in [6, 6.07) is 6.83. The van der Waals surface area contributed by atoms with Crippen LogP contribution in [0.3, 0.4) is 0 Å². The summed E-state index contributed by atoms with van der Waals surface area (Å²) in [6.07, 6.45) is 4.57. The molecule has 2 aromatic rings. The number of hydrogen-bond acceptors (Lipinski definition) is 5. The molecule has 110 valence electrons. The second kappa shape index (κ2) is 7.44. The van der Waals surface area contributed by atoms with Crippen molar-refractivity contribution in [3.63, 3.8) is 0 Å². The largest absolute Gasteiger partial charge is 0.469 e. The van der Waals surface area contributed by atoms with Crippen LogP contribution < -0.4 is 5.32 Å². The minimum absolute atomic E-state index is 0.0946. The molecule has 0 aliphatic rings. The zero-order chi connectivity index (χ0) is 15.1. The second-order valence-corrected chi connectivity index (χ2v) is 5.18. The van der Waals surface area contributed by atoms with Crippen molar-refractivity contribution >= 4 is 29.3 Å². The molecule has 21 heavy (non-hydrogen) atoms. The number of furan rings is 1. The van der Waals surface area contributed by atoms with Crippen molar-refractivity contribution in [2.45, 2.75) is 12.5 Å². The van der Waals surface area contributed by atoms with Crippen molar-refractivity contribution in [2.75, 3.05) is 7.11 Å². The molecule has 6 heteroatoms. The van der Waals surface area contributed by atoms with E-state index in [0.717, 1.165) is 4.88 Å². The zero-order valence-electron chi connectivity index (χ0n) is 11.4. The summed E-state index contributed by atoms with van der Waals surface area (Å²) in [5.74, 6) is -0.0804. The van der Waals surface area contributed by atoms with Crippen LogP contribution in [-0.2, 0) is 14.3 Å². The zero-order valence-corrected chi connectivity index (χ0v) is 12.3. The third-order valence-electron chi connectivity index (χ3n) is 2.74. The van der Waals surface area contributed by atoms with E-state index < -0.39 is 6.04 Å². The molecule has 1 amide bonds. The molecule has 5 nitrogen and oxygen atoms in total. The normalized spacial score (nSPS) is 12.2. The molecule has 0 saturated heterocycles. The summed E-state index contributed by atoms with van der Waals surface area (Å²) in [6.45, 7) is 0. The lowest BCUT2D eigenvalue weighted by Gasteiger charge is -2.15. The van der Waals surface area contributed by atoms with E-state index in [1.807, 2.05) is 17.5 Å². The van der Waals surface area contributed by atoms with Crippen molar-refractivity contribution in [3.8, 4) is 0 Å². The molecule has 0 spiro atoms. The summed E-state index contributed by atoms with van der Waals surface area (Å²) in [4.78, 5) is 24.3. The maximum absolute atomic E-state index is 11.9. The second-order valence-electron chi connectivity index (χ2n) is 4.21. The van der Waals surface area contributed by atoms with Gasteiger partial charge >= 0.3 is 5.97 Å². The first-order valence-electron chi connectivity index (χ1n) is 6.31. The molecular formula is C15H15NO4S. The summed E-state index contributed by atoms with van der Waals surface area (Å²) in [7, 11) is 1.33. The minimum Gasteiger partial charge on any atom is -0.469 e. The van der Waals surface area contributed by atoms with E-state index in [1.165, 1.54) is 30.8 Å². The van der Waals surface area contributed by atoms with Gasteiger partial charge in [0.25, 0.3) is 0 Å². The third kappa shape index (κ3) is 4.61. The average molecular weight is 305 g/mol. The Morgan fingerprint density at radius 1 is 1.43 bits per heavy atom. The van der Waals surface area contributed by atoms with Crippen LogP contribution >= 0.6 is 11.3 Å². The van der Waals surface area contributed by atoms with Gasteiger partial charge < -0.3 is 14.5 Å². The van der Waals surface area contributed by atoms with Crippen LogP contribution in [0.5, 0.6) is 0 Å². The quantitative estimate of drug-likeness (QED) is 0.658. The average Bonchev–Trinajstić information content (AvgIpc) is 3.17. The Morgan fingerprint density at radius 2 is 2.29 bits per heavy atom. The number of nitrogens with one attached hydrogen (secondary N) is 1. The highest BCUT2D eigenvalue weighted by molar-refractivity contribution is 7.10. The molecular weight excluding hydrogens is 290 g/mol. The summed E-state index contributed by atoms with van der Waals surface area (Å²) < 4.78 is 9.76. The fraction of sp³-hybridized carbons (Fsp3) is 0.200. The number of carbonyl (C=O) groups is 2. The van der Waals surface area contributed by atoms with Crippen LogP contribution in [0.1, 0.15) is 23.1 Å². The van der Waals surface area contributed by atoms with Crippen LogP contribution in [0.2, 0.25) is 0 Å². The van der Waals surface area contributed by atoms with Gasteiger partial charge in [0.05, 0.1) is 25.8 Å². The molecule has 0 saturated carbocycles. The molecule has 1 N–H and O–H groups in total. The Morgan fingerprint density at radius 3 is 2.90 bits per heavy atom. The van der Waals surface area contributed by atoms with Gasteiger partial charge in [-0.05, 0) is 29.7 Å². The first-order valence-corrected chi connectivity index (χ1v) is 7.19. The molecule has 0 bridgehead atoms. The highest BCUT2D eigenvalue weighted by Crippen LogP contribution is 2.22. The Labute approximate surface area is 126 Å². The monoisotopic (exact) mass is 305 g/mol. The molecule has 0 aliphatic carbocycles. The summed E-state index contributed by atoms with van der Waals surface area (Å²) in [5, 5.41) is 4.68. The van der Waals surface area contributed by atoms with Crippen molar-refractivity contribution in [2.24, 2.45) is 0 Å². The minimum atomic E-state index is -0.397. The number of amides is 1. The summed E-state index contributed by atoms with van der Waals surface area (Å²) >= 11 is 1.48. The SMILES string of the molecule is COC(=O)CC(NC(=O)/C=C/c1ccco1)c1cccs1. The lowest BCUT2D eigenvalue weighted by Crippen LogP contribution is -2.28. The Balaban J connectivity index is 2.01. The van der Waals surface area contributed by atoms with E-state index in [-0.39, 0.29) is 18.3 Å². The maximum atomic E-state index is 11.9. The van der Waals surface area contributed by atoms with Gasteiger partial charge in [0, 0.05) is 11.0 Å². The summed E-state index contributed by atoms with van der Waals surface area (Å²) in [5.41, 5.74) is 0. The van der Waals surface area contributed by atoms with Crippen LogP contribution in [0.4, 0.5) is 0 Å². The lowest BCUT2D eigenvalue weighted by atomic mass is 10.1. The van der Waals surface area contributed by atoms with Gasteiger partial charge in [-0.2, -0.15) is 0 Å². The first kappa shape index (κ1) is 15.1. The van der Waals surface area contributed by atoms with Crippen LogP contribution in [0, 0.1) is 0 Å². The number of carbonyl (C=O) groups excluding carboxylic acids is 2. The highest BCUT2D eigenvalue weighted by Gasteiger charge is 2.18. The third-order valence-corrected chi connectivity index (χ3v) is 3.73. The predicted octanol–water partition coefficient (Wildman–Crippen LogP) is 2.77. The van der Waals surface area contributed by atoms with E-state index in [9.17, 15) is 9.59 Å². The molecule has 0 aliphatic heterocycles. The van der Waals surface area contributed by atoms with Crippen LogP contribution in [-0.4, -0.2) is 19.0 Å². The van der Waals surface area contributed by atoms with Gasteiger partial charge in [-0.1, -0.05) is 6.07 Å². The fourth-order valence-electron chi connectivity index (χ4n) is 1.73. The Kier molecular flexibility index (Phi) is 5.34. The topological polar surface area (TPSA) is 68.5 Å². The molecule has 0 radical (unpaired) electrons. The number of methoxy groups -OCH3 is 1. The number of esters is 1. The van der Waals surface area contributed by atoms with Gasteiger partial charge in [0.1, 0.15) is 5.76 Å². The Hall–Kier alpha value is -2.34. The fourth-order valence-corrected chi connectivity index (χ4v) is 2.50. The van der Waals surface area contributed by atoms with E-state index in [0.29, 0.717) is 5.76 Å². The van der Waals surface area contributed by atoms with E-state index >= 15 is 0 Å². The van der Waals surface area contributed by atoms with Gasteiger partial charge in [0.15, 0.2) is 0 Å². The predicted molar refractivity (Wildman–Crippen MR) is 79.6 cm³/mol. The lowest BCUT2D eigenvalue weighted by molar-refractivity contribution is -0.141. The van der Waals surface area contributed by atoms with Crippen LogP contribution in [0.25, 0.3) is 6.08 Å². The molecule has 0 aromatic carbocycles. The number of ether oxygens (including phenoxy) is 1. The standard InChI is InChI=1S/C15H15NO4S/c1-19-15(18)10-12(13-5-3-9-21-13)16-14(17)7-6-11-4-2-8-20-11/h2-9,12H,10H2,1H3,(H,16,17)/b7-6+.